The third-order valence-corrected chi connectivity index (χ3v) is 3.01. The molecule has 0 aromatic heterocycles. The Kier molecular flexibility index (Phi) is 12.7. The van der Waals surface area contributed by atoms with Crippen molar-refractivity contribution in [2.45, 2.75) is 40.0 Å². The van der Waals surface area contributed by atoms with Crippen LogP contribution in [0.2, 0.25) is 0 Å². The van der Waals surface area contributed by atoms with Crippen molar-refractivity contribution in [1.29, 1.82) is 0 Å². The number of nitrogens with zero attached hydrogens (tertiary/aromatic N) is 1. The fraction of sp³-hybridized carbons (Fsp3) is 0.933. The quantitative estimate of drug-likeness (QED) is 0.307. The van der Waals surface area contributed by atoms with Crippen molar-refractivity contribution in [2.24, 2.45) is 16.8 Å². The first kappa shape index (κ1) is 19.2. The molecule has 20 heavy (non-hydrogen) atoms. The Bertz CT molecular complexity index is 245. The Labute approximate surface area is 124 Å². The lowest BCUT2D eigenvalue weighted by molar-refractivity contribution is 0.195. The Hall–Kier alpha value is -0.810. The molecule has 0 saturated heterocycles. The van der Waals surface area contributed by atoms with Gasteiger partial charge in [-0.05, 0) is 38.0 Å². The normalized spacial score (nSPS) is 13.6. The predicted molar refractivity (Wildman–Crippen MR) is 85.1 cm³/mol. The number of rotatable bonds is 11. The summed E-state index contributed by atoms with van der Waals surface area (Å²) < 4.78 is 5.03. The Morgan fingerprint density at radius 1 is 1.30 bits per heavy atom. The number of nitrogens with one attached hydrogen (secondary N) is 2. The first-order valence-corrected chi connectivity index (χ1v) is 7.75. The summed E-state index contributed by atoms with van der Waals surface area (Å²) in [6.07, 6.45) is 2.89. The standard InChI is InChI=1S/C15H33N3O2/c1-5-16-15(17-8-6-10-20-4)18-12-14(7-9-19)11-13(2)3/h13-14,19H,5-12H2,1-4H3,(H2,16,17,18). The van der Waals surface area contributed by atoms with Crippen molar-refractivity contribution in [3.05, 3.63) is 0 Å². The first-order valence-electron chi connectivity index (χ1n) is 7.75. The third-order valence-electron chi connectivity index (χ3n) is 3.01. The summed E-state index contributed by atoms with van der Waals surface area (Å²) in [6.45, 7) is 9.95. The molecule has 3 N–H and O–H groups in total. The highest BCUT2D eigenvalue weighted by Gasteiger charge is 2.10. The van der Waals surface area contributed by atoms with Crippen LogP contribution in [0.5, 0.6) is 0 Å². The van der Waals surface area contributed by atoms with Gasteiger partial charge in [0.25, 0.3) is 0 Å². The summed E-state index contributed by atoms with van der Waals surface area (Å²) >= 11 is 0. The number of hydrogen-bond donors (Lipinski definition) is 3. The van der Waals surface area contributed by atoms with E-state index in [9.17, 15) is 0 Å². The minimum atomic E-state index is 0.241. The van der Waals surface area contributed by atoms with Crippen molar-refractivity contribution in [3.8, 4) is 0 Å². The number of methoxy groups -OCH3 is 1. The van der Waals surface area contributed by atoms with E-state index in [1.54, 1.807) is 7.11 Å². The molecule has 5 heteroatoms. The SMILES string of the molecule is CCNC(=NCC(CCO)CC(C)C)NCCCOC. The maximum atomic E-state index is 9.13. The van der Waals surface area contributed by atoms with Crippen molar-refractivity contribution in [2.75, 3.05) is 40.0 Å². The van der Waals surface area contributed by atoms with Crippen molar-refractivity contribution in [3.63, 3.8) is 0 Å². The summed E-state index contributed by atoms with van der Waals surface area (Å²) in [6, 6.07) is 0. The Morgan fingerprint density at radius 3 is 2.60 bits per heavy atom. The Morgan fingerprint density at radius 2 is 2.05 bits per heavy atom. The smallest absolute Gasteiger partial charge is 0.191 e. The largest absolute Gasteiger partial charge is 0.396 e. The van der Waals surface area contributed by atoms with Crippen molar-refractivity contribution in [1.82, 2.24) is 10.6 Å². The van der Waals surface area contributed by atoms with E-state index >= 15 is 0 Å². The van der Waals surface area contributed by atoms with Crippen LogP contribution in [-0.4, -0.2) is 51.0 Å². The highest BCUT2D eigenvalue weighted by Crippen LogP contribution is 2.15. The first-order chi connectivity index (χ1) is 9.63. The Balaban J connectivity index is 4.24. The minimum Gasteiger partial charge on any atom is -0.396 e. The van der Waals surface area contributed by atoms with Crippen LogP contribution in [0.3, 0.4) is 0 Å². The number of guanidine groups is 1. The van der Waals surface area contributed by atoms with Crippen LogP contribution < -0.4 is 10.6 Å². The number of ether oxygens (including phenoxy) is 1. The zero-order chi connectivity index (χ0) is 15.2. The molecule has 0 saturated carbocycles. The van der Waals surface area contributed by atoms with Crippen LogP contribution in [-0.2, 0) is 4.74 Å². The van der Waals surface area contributed by atoms with Gasteiger partial charge in [0.05, 0.1) is 0 Å². The van der Waals surface area contributed by atoms with Crippen molar-refractivity contribution >= 4 is 5.96 Å². The van der Waals surface area contributed by atoms with E-state index in [1.165, 1.54) is 0 Å². The van der Waals surface area contributed by atoms with Gasteiger partial charge in [-0.1, -0.05) is 13.8 Å². The lowest BCUT2D eigenvalue weighted by Gasteiger charge is -2.17. The number of hydrogen-bond acceptors (Lipinski definition) is 3. The molecule has 0 aromatic rings. The van der Waals surface area contributed by atoms with Crippen LogP contribution in [0, 0.1) is 11.8 Å². The van der Waals surface area contributed by atoms with E-state index in [0.717, 1.165) is 51.5 Å². The minimum absolute atomic E-state index is 0.241. The lowest BCUT2D eigenvalue weighted by atomic mass is 9.94. The molecule has 5 nitrogen and oxygen atoms in total. The van der Waals surface area contributed by atoms with Gasteiger partial charge in [0.2, 0.25) is 0 Å². The summed E-state index contributed by atoms with van der Waals surface area (Å²) in [7, 11) is 1.71. The summed E-state index contributed by atoms with van der Waals surface area (Å²) in [4.78, 5) is 4.63. The average molecular weight is 287 g/mol. The fourth-order valence-electron chi connectivity index (χ4n) is 2.12. The van der Waals surface area contributed by atoms with Gasteiger partial charge in [0.1, 0.15) is 0 Å². The number of aliphatic imine (C=N–C) groups is 1. The summed E-state index contributed by atoms with van der Waals surface area (Å²) in [5.74, 6) is 1.95. The molecule has 0 aromatic carbocycles. The van der Waals surface area contributed by atoms with Gasteiger partial charge in [-0.25, -0.2) is 0 Å². The van der Waals surface area contributed by atoms with E-state index in [1.807, 2.05) is 0 Å². The summed E-state index contributed by atoms with van der Waals surface area (Å²) in [5, 5.41) is 15.7. The molecule has 1 unspecified atom stereocenters. The van der Waals surface area contributed by atoms with E-state index in [2.05, 4.69) is 36.4 Å². The van der Waals surface area contributed by atoms with Gasteiger partial charge in [-0.15, -0.1) is 0 Å². The molecule has 0 rings (SSSR count). The molecule has 0 amide bonds. The predicted octanol–water partition coefficient (Wildman–Crippen LogP) is 1.62. The van der Waals surface area contributed by atoms with Crippen LogP contribution in [0.4, 0.5) is 0 Å². The van der Waals surface area contributed by atoms with Gasteiger partial charge in [0, 0.05) is 40.0 Å². The molecule has 1 atom stereocenters. The van der Waals surface area contributed by atoms with Gasteiger partial charge in [0.15, 0.2) is 5.96 Å². The monoisotopic (exact) mass is 287 g/mol. The molecule has 0 radical (unpaired) electrons. The van der Waals surface area contributed by atoms with Crippen molar-refractivity contribution < 1.29 is 9.84 Å². The average Bonchev–Trinajstić information content (AvgIpc) is 2.40. The zero-order valence-corrected chi connectivity index (χ0v) is 13.6. The van der Waals surface area contributed by atoms with E-state index in [4.69, 9.17) is 9.84 Å². The van der Waals surface area contributed by atoms with Gasteiger partial charge < -0.3 is 20.5 Å². The lowest BCUT2D eigenvalue weighted by Crippen LogP contribution is -2.38. The maximum Gasteiger partial charge on any atom is 0.191 e. The van der Waals surface area contributed by atoms with E-state index < -0.39 is 0 Å². The molecular formula is C15H33N3O2. The zero-order valence-electron chi connectivity index (χ0n) is 13.6. The molecule has 0 fully saturated rings. The van der Waals surface area contributed by atoms with Gasteiger partial charge in [-0.3, -0.25) is 4.99 Å². The highest BCUT2D eigenvalue weighted by molar-refractivity contribution is 5.79. The molecule has 0 aliphatic carbocycles. The second-order valence-corrected chi connectivity index (χ2v) is 5.50. The van der Waals surface area contributed by atoms with Crippen LogP contribution in [0.1, 0.15) is 40.0 Å². The second-order valence-electron chi connectivity index (χ2n) is 5.50. The molecule has 0 spiro atoms. The van der Waals surface area contributed by atoms with Gasteiger partial charge >= 0.3 is 0 Å². The highest BCUT2D eigenvalue weighted by atomic mass is 16.5. The summed E-state index contributed by atoms with van der Waals surface area (Å²) in [5.41, 5.74) is 0. The number of aliphatic hydroxyl groups is 1. The van der Waals surface area contributed by atoms with E-state index in [0.29, 0.717) is 11.8 Å². The van der Waals surface area contributed by atoms with Crippen LogP contribution in [0.25, 0.3) is 0 Å². The molecular weight excluding hydrogens is 254 g/mol. The second kappa shape index (κ2) is 13.2. The van der Waals surface area contributed by atoms with Crippen LogP contribution in [0.15, 0.2) is 4.99 Å². The molecule has 120 valence electrons. The number of aliphatic hydroxyl groups excluding tert-OH is 1. The topological polar surface area (TPSA) is 65.9 Å². The molecule has 0 bridgehead atoms. The maximum absolute atomic E-state index is 9.13. The molecule has 0 aliphatic rings. The molecule has 0 aliphatic heterocycles. The molecule has 0 heterocycles. The fourth-order valence-corrected chi connectivity index (χ4v) is 2.12. The van der Waals surface area contributed by atoms with E-state index in [-0.39, 0.29) is 6.61 Å². The van der Waals surface area contributed by atoms with Gasteiger partial charge in [-0.2, -0.15) is 0 Å². The third kappa shape index (κ3) is 11.1. The van der Waals surface area contributed by atoms with Crippen LogP contribution >= 0.6 is 0 Å².